The van der Waals surface area contributed by atoms with Crippen LogP contribution in [0.25, 0.3) is 31.5 Å². The number of carboxylic acids is 1. The van der Waals surface area contributed by atoms with Crippen LogP contribution in [-0.4, -0.2) is 46.1 Å². The molecule has 1 N–H and O–H groups in total. The predicted octanol–water partition coefficient (Wildman–Crippen LogP) is 9.06. The molecule has 0 aliphatic rings. The minimum atomic E-state index is -1.15. The Morgan fingerprint density at radius 2 is 1.21 bits per heavy atom. The van der Waals surface area contributed by atoms with E-state index in [4.69, 9.17) is 46.2 Å². The van der Waals surface area contributed by atoms with Crippen LogP contribution in [0.1, 0.15) is 45.1 Å². The zero-order valence-electron chi connectivity index (χ0n) is 26.4. The van der Waals surface area contributed by atoms with E-state index in [1.807, 2.05) is 72.8 Å². The number of halogens is 2. The molecule has 0 saturated carbocycles. The van der Waals surface area contributed by atoms with Crippen LogP contribution in [0.4, 0.5) is 11.9 Å². The maximum Gasteiger partial charge on any atom is 0.375 e. The van der Waals surface area contributed by atoms with Gasteiger partial charge >= 0.3 is 23.8 Å². The van der Waals surface area contributed by atoms with Gasteiger partial charge in [0.2, 0.25) is 11.4 Å². The summed E-state index contributed by atoms with van der Waals surface area (Å²) in [6.07, 6.45) is 6.08. The smallest absolute Gasteiger partial charge is 0.375 e. The van der Waals surface area contributed by atoms with Crippen LogP contribution in [0.3, 0.4) is 0 Å². The summed E-state index contributed by atoms with van der Waals surface area (Å²) in [5.74, 6) is -1.55. The second-order valence-corrected chi connectivity index (χ2v) is 11.9. The van der Waals surface area contributed by atoms with Crippen LogP contribution < -0.4 is 0 Å². The average molecular weight is 732 g/mol. The summed E-state index contributed by atoms with van der Waals surface area (Å²) in [4.78, 5) is 46.3. The molecule has 12 nitrogen and oxygen atoms in total. The van der Waals surface area contributed by atoms with E-state index in [1.165, 1.54) is 10.8 Å². The van der Waals surface area contributed by atoms with Crippen LogP contribution in [0.15, 0.2) is 104 Å². The molecular formula is C38H28Cl2N8O4. The predicted molar refractivity (Wildman–Crippen MR) is 198 cm³/mol. The van der Waals surface area contributed by atoms with Crippen LogP contribution >= 0.6 is 23.2 Å². The lowest BCUT2D eigenvalue weighted by molar-refractivity contribution is 0.0466. The molecule has 0 fully saturated rings. The van der Waals surface area contributed by atoms with E-state index in [0.29, 0.717) is 23.1 Å². The number of hydrogen-bond acceptors (Lipinski definition) is 7. The molecule has 0 amide bonds. The number of carbonyl (C=O) groups is 2. The van der Waals surface area contributed by atoms with Gasteiger partial charge in [-0.05, 0) is 53.1 Å². The van der Waals surface area contributed by atoms with E-state index >= 15 is 0 Å². The van der Waals surface area contributed by atoms with Crippen molar-refractivity contribution in [3.05, 3.63) is 165 Å². The van der Waals surface area contributed by atoms with Gasteiger partial charge in [0.25, 0.3) is 0 Å². The van der Waals surface area contributed by atoms with Crippen molar-refractivity contribution in [3.8, 4) is 0 Å². The minimum absolute atomic E-state index is 0. The van der Waals surface area contributed by atoms with E-state index in [-0.39, 0.29) is 37.3 Å². The monoisotopic (exact) mass is 730 g/mol. The minimum Gasteiger partial charge on any atom is -0.475 e. The number of aromatic nitrogens is 6. The topological polar surface area (TPSA) is 134 Å². The highest BCUT2D eigenvalue weighted by Crippen LogP contribution is 2.23. The number of carboxylic acid groups (broad SMARTS) is 1. The first kappa shape index (κ1) is 36.7. The first-order chi connectivity index (χ1) is 24.7. The highest BCUT2D eigenvalue weighted by Gasteiger charge is 2.20. The van der Waals surface area contributed by atoms with Gasteiger partial charge in [0.1, 0.15) is 6.61 Å². The molecule has 0 saturated heterocycles. The average Bonchev–Trinajstić information content (AvgIpc) is 3.75. The van der Waals surface area contributed by atoms with Crippen molar-refractivity contribution < 1.29 is 19.4 Å². The van der Waals surface area contributed by atoms with Gasteiger partial charge in [0.15, 0.2) is 0 Å². The molecule has 3 aromatic carbocycles. The Labute approximate surface area is 308 Å². The highest BCUT2D eigenvalue weighted by atomic mass is 35.5. The molecule has 52 heavy (non-hydrogen) atoms. The Morgan fingerprint density at radius 3 is 1.71 bits per heavy atom. The molecule has 7 aromatic rings. The number of esters is 1. The standard InChI is InChI=1S/C22H15ClN4O2.C15H9ClN4O2.CH4/c1-24-22-26-20(21(28)29-14-15-5-3-2-4-6-15)13-27(22)12-16-7-8-19-17(9-16)10-18(23)11-25-19;1-17-15-19-13(14(21)22)8-20(15)7-9-2-3-12-10(4-9)5-11(16)6-18-12;/h2-11,13H,12,14H2;2-6,8H,7H2,(H,21,22);1H4. The molecule has 7 rings (SSSR count). The van der Waals surface area contributed by atoms with E-state index in [2.05, 4.69) is 29.6 Å². The number of aromatic carboxylic acids is 1. The summed E-state index contributed by atoms with van der Waals surface area (Å²) >= 11 is 12.0. The van der Waals surface area contributed by atoms with E-state index in [1.54, 1.807) is 29.2 Å². The van der Waals surface area contributed by atoms with Crippen LogP contribution in [0, 0.1) is 13.1 Å². The summed E-state index contributed by atoms with van der Waals surface area (Å²) in [5.41, 5.74) is 4.33. The molecule has 0 spiro atoms. The molecule has 0 bridgehead atoms. The van der Waals surface area contributed by atoms with Gasteiger partial charge in [-0.1, -0.05) is 73.1 Å². The van der Waals surface area contributed by atoms with Crippen molar-refractivity contribution in [2.75, 3.05) is 0 Å². The number of ether oxygens (including phenoxy) is 1. The van der Waals surface area contributed by atoms with Gasteiger partial charge in [0, 0.05) is 23.2 Å². The number of hydrogen-bond donors (Lipinski definition) is 1. The van der Waals surface area contributed by atoms with Crippen LogP contribution in [0.2, 0.25) is 10.0 Å². The normalized spacial score (nSPS) is 10.4. The third-order valence-corrected chi connectivity index (χ3v) is 7.90. The van der Waals surface area contributed by atoms with Gasteiger partial charge in [-0.15, -0.1) is 23.1 Å². The lowest BCUT2D eigenvalue weighted by atomic mass is 10.1. The highest BCUT2D eigenvalue weighted by molar-refractivity contribution is 6.31. The van der Waals surface area contributed by atoms with E-state index in [0.717, 1.165) is 38.5 Å². The summed E-state index contributed by atoms with van der Waals surface area (Å²) in [7, 11) is 0. The largest absolute Gasteiger partial charge is 0.475 e. The third kappa shape index (κ3) is 8.76. The number of carbonyl (C=O) groups excluding carboxylic acids is 1. The van der Waals surface area contributed by atoms with Gasteiger partial charge in [-0.3, -0.25) is 19.1 Å². The zero-order chi connectivity index (χ0) is 35.9. The molecule has 0 radical (unpaired) electrons. The van der Waals surface area contributed by atoms with E-state index in [9.17, 15) is 9.59 Å². The van der Waals surface area contributed by atoms with Crippen molar-refractivity contribution in [2.45, 2.75) is 27.1 Å². The maximum absolute atomic E-state index is 12.3. The van der Waals surface area contributed by atoms with Crippen LogP contribution in [0.5, 0.6) is 0 Å². The fourth-order valence-corrected chi connectivity index (χ4v) is 5.45. The van der Waals surface area contributed by atoms with Gasteiger partial charge in [0.05, 0.1) is 46.6 Å². The fourth-order valence-electron chi connectivity index (χ4n) is 5.12. The molecule has 0 unspecified atom stereocenters. The molecular weight excluding hydrogens is 703 g/mol. The second kappa shape index (κ2) is 16.4. The zero-order valence-corrected chi connectivity index (χ0v) is 28.0. The van der Waals surface area contributed by atoms with Gasteiger partial charge in [-0.2, -0.15) is 0 Å². The lowest BCUT2D eigenvalue weighted by Crippen LogP contribution is -2.05. The molecule has 4 heterocycles. The number of imidazole rings is 2. The molecule has 0 aliphatic heterocycles. The molecule has 14 heteroatoms. The maximum atomic E-state index is 12.3. The Balaban J connectivity index is 0.000000205. The second-order valence-electron chi connectivity index (χ2n) is 11.1. The first-order valence-corrected chi connectivity index (χ1v) is 15.9. The number of fused-ring (bicyclic) bond motifs is 2. The summed E-state index contributed by atoms with van der Waals surface area (Å²) in [6.45, 7) is 15.3. The van der Waals surface area contributed by atoms with Crippen molar-refractivity contribution in [1.82, 2.24) is 29.1 Å². The quantitative estimate of drug-likeness (QED) is 0.121. The molecule has 4 aromatic heterocycles. The Kier molecular flexibility index (Phi) is 11.6. The number of rotatable bonds is 8. The summed E-state index contributed by atoms with van der Waals surface area (Å²) in [5, 5.41) is 11.8. The summed E-state index contributed by atoms with van der Waals surface area (Å²) < 4.78 is 8.45. The Hall–Kier alpha value is -6.60. The van der Waals surface area contributed by atoms with Crippen molar-refractivity contribution in [3.63, 3.8) is 0 Å². The number of benzene rings is 3. The van der Waals surface area contributed by atoms with Crippen molar-refractivity contribution in [2.24, 2.45) is 0 Å². The van der Waals surface area contributed by atoms with Crippen molar-refractivity contribution in [1.29, 1.82) is 0 Å². The Bertz CT molecular complexity index is 2500. The van der Waals surface area contributed by atoms with Crippen molar-refractivity contribution >= 4 is 68.8 Å². The molecule has 0 aliphatic carbocycles. The van der Waals surface area contributed by atoms with Gasteiger partial charge < -0.3 is 19.5 Å². The fraction of sp³-hybridized carbons (Fsp3) is 0.105. The SMILES string of the molecule is C.[C-]#[N+]c1nc(C(=O)O)cn1Cc1ccc2ncc(Cl)cc2c1.[C-]#[N+]c1nc(C(=O)OCc2ccccc2)cn1Cc1ccc2ncc(Cl)cc2c1. The van der Waals surface area contributed by atoms with E-state index < -0.39 is 11.9 Å². The lowest BCUT2D eigenvalue weighted by Gasteiger charge is -2.05. The summed E-state index contributed by atoms with van der Waals surface area (Å²) in [6, 6.07) is 24.4. The Morgan fingerprint density at radius 1 is 0.712 bits per heavy atom. The third-order valence-electron chi connectivity index (χ3n) is 7.48. The molecule has 258 valence electrons. The van der Waals surface area contributed by atoms with Gasteiger partial charge in [-0.25, -0.2) is 9.59 Å². The van der Waals surface area contributed by atoms with Crippen LogP contribution in [-0.2, 0) is 24.4 Å². The first-order valence-electron chi connectivity index (χ1n) is 15.1. The molecule has 0 atom stereocenters. The number of pyridine rings is 2. The number of nitrogens with zero attached hydrogens (tertiary/aromatic N) is 8.